The fourth-order valence-electron chi connectivity index (χ4n) is 2.37. The zero-order valence-corrected chi connectivity index (χ0v) is 11.8. The summed E-state index contributed by atoms with van der Waals surface area (Å²) < 4.78 is 0. The number of nitrogens with two attached hydrogens (primary N) is 1. The van der Waals surface area contributed by atoms with Crippen LogP contribution in [-0.4, -0.2) is 31.4 Å². The Morgan fingerprint density at radius 3 is 2.55 bits per heavy atom. The molecule has 0 saturated carbocycles. The number of hydrogen-bond acceptors (Lipinski definition) is 3. The lowest BCUT2D eigenvalue weighted by atomic mass is 9.94. The summed E-state index contributed by atoms with van der Waals surface area (Å²) in [6.07, 6.45) is 0.726. The van der Waals surface area contributed by atoms with Crippen molar-refractivity contribution in [1.82, 2.24) is 10.6 Å². The number of amides is 2. The third-order valence-electron chi connectivity index (χ3n) is 3.54. The van der Waals surface area contributed by atoms with Gasteiger partial charge in [-0.15, -0.1) is 0 Å². The van der Waals surface area contributed by atoms with Gasteiger partial charge >= 0.3 is 0 Å². The van der Waals surface area contributed by atoms with Gasteiger partial charge in [-0.05, 0) is 24.1 Å². The van der Waals surface area contributed by atoms with Gasteiger partial charge in [-0.3, -0.25) is 9.59 Å². The number of carbonyl (C=O) groups is 2. The summed E-state index contributed by atoms with van der Waals surface area (Å²) in [6.45, 7) is 1.51. The van der Waals surface area contributed by atoms with E-state index in [1.807, 2.05) is 24.3 Å². The standard InChI is InChI=1S/C14H18ClN3O2/c15-10-3-1-9(2-4-10)5-6-18-14(20)12-8-17-7-11(12)13(16)19/h1-4,11-12,17H,5-8H2,(H2,16,19)(H,18,20). The largest absolute Gasteiger partial charge is 0.369 e. The predicted octanol–water partition coefficient (Wildman–Crippen LogP) is 0.320. The van der Waals surface area contributed by atoms with Crippen molar-refractivity contribution in [2.24, 2.45) is 17.6 Å². The van der Waals surface area contributed by atoms with Crippen LogP contribution in [0.5, 0.6) is 0 Å². The quantitative estimate of drug-likeness (QED) is 0.731. The third kappa shape index (κ3) is 3.71. The van der Waals surface area contributed by atoms with Crippen LogP contribution >= 0.6 is 11.6 Å². The Morgan fingerprint density at radius 1 is 1.25 bits per heavy atom. The smallest absolute Gasteiger partial charge is 0.225 e. The molecule has 1 fully saturated rings. The first-order valence-corrected chi connectivity index (χ1v) is 6.98. The molecule has 1 aliphatic heterocycles. The highest BCUT2D eigenvalue weighted by Gasteiger charge is 2.36. The summed E-state index contributed by atoms with van der Waals surface area (Å²) in [5, 5.41) is 6.57. The Hall–Kier alpha value is -1.59. The predicted molar refractivity (Wildman–Crippen MR) is 77.2 cm³/mol. The molecule has 1 aliphatic rings. The minimum Gasteiger partial charge on any atom is -0.369 e. The van der Waals surface area contributed by atoms with E-state index >= 15 is 0 Å². The van der Waals surface area contributed by atoms with Gasteiger partial charge in [-0.25, -0.2) is 0 Å². The van der Waals surface area contributed by atoms with Crippen LogP contribution in [-0.2, 0) is 16.0 Å². The topological polar surface area (TPSA) is 84.2 Å². The molecule has 0 aromatic heterocycles. The highest BCUT2D eigenvalue weighted by Crippen LogP contribution is 2.16. The molecule has 108 valence electrons. The fourth-order valence-corrected chi connectivity index (χ4v) is 2.49. The summed E-state index contributed by atoms with van der Waals surface area (Å²) in [5.74, 6) is -1.32. The lowest BCUT2D eigenvalue weighted by Crippen LogP contribution is -2.40. The molecule has 2 rings (SSSR count). The van der Waals surface area contributed by atoms with Crippen molar-refractivity contribution in [2.45, 2.75) is 6.42 Å². The molecule has 0 radical (unpaired) electrons. The minimum atomic E-state index is -0.423. The van der Waals surface area contributed by atoms with Crippen LogP contribution in [0.4, 0.5) is 0 Å². The van der Waals surface area contributed by atoms with Crippen LogP contribution in [0, 0.1) is 11.8 Å². The van der Waals surface area contributed by atoms with Crippen LogP contribution < -0.4 is 16.4 Å². The molecule has 1 aromatic carbocycles. The van der Waals surface area contributed by atoms with Crippen molar-refractivity contribution in [3.63, 3.8) is 0 Å². The van der Waals surface area contributed by atoms with Gasteiger partial charge in [-0.1, -0.05) is 23.7 Å². The van der Waals surface area contributed by atoms with Gasteiger partial charge in [0.25, 0.3) is 0 Å². The summed E-state index contributed by atoms with van der Waals surface area (Å²) >= 11 is 5.81. The van der Waals surface area contributed by atoms with Gasteiger partial charge in [0, 0.05) is 24.7 Å². The van der Waals surface area contributed by atoms with E-state index in [0.717, 1.165) is 12.0 Å². The van der Waals surface area contributed by atoms with E-state index in [9.17, 15) is 9.59 Å². The van der Waals surface area contributed by atoms with Gasteiger partial charge < -0.3 is 16.4 Å². The second kappa shape index (κ2) is 6.72. The maximum atomic E-state index is 12.0. The van der Waals surface area contributed by atoms with Gasteiger partial charge in [0.1, 0.15) is 0 Å². The number of rotatable bonds is 5. The second-order valence-corrected chi connectivity index (χ2v) is 5.38. The third-order valence-corrected chi connectivity index (χ3v) is 3.79. The molecule has 0 aliphatic carbocycles. The molecule has 0 bridgehead atoms. The summed E-state index contributed by atoms with van der Waals surface area (Å²) in [7, 11) is 0. The number of carbonyl (C=O) groups excluding carboxylic acids is 2. The van der Waals surface area contributed by atoms with Gasteiger partial charge in [0.2, 0.25) is 11.8 Å². The SMILES string of the molecule is NC(=O)C1CNCC1C(=O)NCCc1ccc(Cl)cc1. The first-order valence-electron chi connectivity index (χ1n) is 6.60. The Morgan fingerprint density at radius 2 is 1.90 bits per heavy atom. The molecular weight excluding hydrogens is 278 g/mol. The molecule has 5 nitrogen and oxygen atoms in total. The Labute approximate surface area is 122 Å². The monoisotopic (exact) mass is 295 g/mol. The van der Waals surface area contributed by atoms with Crippen molar-refractivity contribution < 1.29 is 9.59 Å². The molecule has 2 unspecified atom stereocenters. The molecule has 6 heteroatoms. The number of halogens is 1. The van der Waals surface area contributed by atoms with E-state index in [4.69, 9.17) is 17.3 Å². The van der Waals surface area contributed by atoms with Gasteiger partial charge in [-0.2, -0.15) is 0 Å². The first-order chi connectivity index (χ1) is 9.58. The van der Waals surface area contributed by atoms with Crippen molar-refractivity contribution in [2.75, 3.05) is 19.6 Å². The second-order valence-electron chi connectivity index (χ2n) is 4.94. The molecule has 1 aromatic rings. The average Bonchev–Trinajstić information content (AvgIpc) is 2.90. The van der Waals surface area contributed by atoms with Crippen LogP contribution in [0.15, 0.2) is 24.3 Å². The van der Waals surface area contributed by atoms with Gasteiger partial charge in [0.05, 0.1) is 11.8 Å². The van der Waals surface area contributed by atoms with Gasteiger partial charge in [0.15, 0.2) is 0 Å². The Kier molecular flexibility index (Phi) is 4.98. The molecule has 1 saturated heterocycles. The van der Waals surface area contributed by atoms with E-state index in [0.29, 0.717) is 24.7 Å². The van der Waals surface area contributed by atoms with Crippen LogP contribution in [0.2, 0.25) is 5.02 Å². The lowest BCUT2D eigenvalue weighted by Gasteiger charge is -2.15. The van der Waals surface area contributed by atoms with E-state index in [1.54, 1.807) is 0 Å². The molecule has 1 heterocycles. The number of primary amides is 1. The maximum absolute atomic E-state index is 12.0. The minimum absolute atomic E-state index is 0.118. The fraction of sp³-hybridized carbons (Fsp3) is 0.429. The lowest BCUT2D eigenvalue weighted by molar-refractivity contribution is -0.131. The van der Waals surface area contributed by atoms with Crippen LogP contribution in [0.3, 0.4) is 0 Å². The molecule has 4 N–H and O–H groups in total. The summed E-state index contributed by atoms with van der Waals surface area (Å²) in [4.78, 5) is 23.3. The zero-order chi connectivity index (χ0) is 14.5. The van der Waals surface area contributed by atoms with Crippen LogP contribution in [0.25, 0.3) is 0 Å². The Balaban J connectivity index is 1.80. The molecular formula is C14H18ClN3O2. The maximum Gasteiger partial charge on any atom is 0.225 e. The van der Waals surface area contributed by atoms with Crippen molar-refractivity contribution in [1.29, 1.82) is 0 Å². The average molecular weight is 296 g/mol. The number of hydrogen-bond donors (Lipinski definition) is 3. The molecule has 0 spiro atoms. The zero-order valence-electron chi connectivity index (χ0n) is 11.1. The summed E-state index contributed by atoms with van der Waals surface area (Å²) in [5.41, 5.74) is 6.39. The van der Waals surface area contributed by atoms with E-state index in [1.165, 1.54) is 0 Å². The first kappa shape index (κ1) is 14.8. The molecule has 20 heavy (non-hydrogen) atoms. The number of benzene rings is 1. The van der Waals surface area contributed by atoms with E-state index in [-0.39, 0.29) is 11.8 Å². The number of nitrogens with one attached hydrogen (secondary N) is 2. The molecule has 2 atom stereocenters. The van der Waals surface area contributed by atoms with Crippen molar-refractivity contribution >= 4 is 23.4 Å². The normalized spacial score (nSPS) is 21.6. The van der Waals surface area contributed by atoms with Crippen molar-refractivity contribution in [3.05, 3.63) is 34.9 Å². The van der Waals surface area contributed by atoms with E-state index in [2.05, 4.69) is 10.6 Å². The van der Waals surface area contributed by atoms with E-state index < -0.39 is 11.8 Å². The molecule has 2 amide bonds. The Bertz CT molecular complexity index is 490. The van der Waals surface area contributed by atoms with Crippen LogP contribution in [0.1, 0.15) is 5.56 Å². The highest BCUT2D eigenvalue weighted by atomic mass is 35.5. The summed E-state index contributed by atoms with van der Waals surface area (Å²) in [6, 6.07) is 7.50. The van der Waals surface area contributed by atoms with Crippen molar-refractivity contribution in [3.8, 4) is 0 Å². The highest BCUT2D eigenvalue weighted by molar-refractivity contribution is 6.30.